The summed E-state index contributed by atoms with van der Waals surface area (Å²) in [7, 11) is -5.15. The predicted molar refractivity (Wildman–Crippen MR) is 135 cm³/mol. The van der Waals surface area contributed by atoms with E-state index in [9.17, 15) is 0 Å². The Morgan fingerprint density at radius 2 is 0.600 bits per heavy atom. The number of hydrogen-bond donors (Lipinski definition) is 0. The smallest absolute Gasteiger partial charge is 0.341 e. The van der Waals surface area contributed by atoms with E-state index in [0.29, 0.717) is 11.1 Å². The fourth-order valence-corrected chi connectivity index (χ4v) is 13.2. The van der Waals surface area contributed by atoms with Gasteiger partial charge in [-0.05, 0) is 106 Å². The van der Waals surface area contributed by atoms with Crippen LogP contribution in [0.25, 0.3) is 0 Å². The summed E-state index contributed by atoms with van der Waals surface area (Å²) in [6.45, 7) is 34.6. The van der Waals surface area contributed by atoms with E-state index in [1.54, 1.807) is 0 Å². The second-order valence-corrected chi connectivity index (χ2v) is 20.7. The molecule has 0 spiro atoms. The molecule has 0 rings (SSSR count). The van der Waals surface area contributed by atoms with Gasteiger partial charge < -0.3 is 17.7 Å². The van der Waals surface area contributed by atoms with Crippen molar-refractivity contribution in [3.63, 3.8) is 0 Å². The summed E-state index contributed by atoms with van der Waals surface area (Å²) < 4.78 is 27.3. The van der Waals surface area contributed by atoms with Gasteiger partial charge in [-0.15, -0.1) is 0 Å². The molecule has 6 heteroatoms. The second-order valence-electron chi connectivity index (χ2n) is 13.3. The van der Waals surface area contributed by atoms with E-state index >= 15 is 0 Å². The quantitative estimate of drug-likeness (QED) is 0.326. The number of hydrogen-bond acceptors (Lipinski definition) is 4. The van der Waals surface area contributed by atoms with Gasteiger partial charge in [0.25, 0.3) is 0 Å². The largest absolute Gasteiger partial charge is 0.389 e. The van der Waals surface area contributed by atoms with Crippen molar-refractivity contribution in [1.29, 1.82) is 0 Å². The predicted octanol–water partition coefficient (Wildman–Crippen LogP) is 7.95. The monoisotopic (exact) mass is 462 g/mol. The van der Waals surface area contributed by atoms with Gasteiger partial charge in [0.15, 0.2) is 0 Å². The first-order valence-corrected chi connectivity index (χ1v) is 15.9. The first-order chi connectivity index (χ1) is 12.9. The van der Waals surface area contributed by atoms with Crippen LogP contribution in [0.5, 0.6) is 0 Å². The van der Waals surface area contributed by atoms with Crippen molar-refractivity contribution in [2.24, 2.45) is 0 Å². The van der Waals surface area contributed by atoms with E-state index in [2.05, 4.69) is 111 Å². The molecular formula is C24H54O4Si2. The second kappa shape index (κ2) is 10.0. The average Bonchev–Trinajstić information content (AvgIpc) is 2.37. The first kappa shape index (κ1) is 30.3. The Hall–Kier alpha value is 0.274. The van der Waals surface area contributed by atoms with Gasteiger partial charge in [0, 0.05) is 0 Å². The van der Waals surface area contributed by atoms with Gasteiger partial charge in [-0.1, -0.05) is 27.7 Å². The molecule has 0 heterocycles. The van der Waals surface area contributed by atoms with Gasteiger partial charge in [-0.2, -0.15) is 0 Å². The van der Waals surface area contributed by atoms with Crippen LogP contribution in [-0.2, 0) is 17.7 Å². The molecular weight excluding hydrogens is 408 g/mol. The highest BCUT2D eigenvalue weighted by molar-refractivity contribution is 6.74. The van der Waals surface area contributed by atoms with Crippen molar-refractivity contribution in [2.75, 3.05) is 0 Å². The highest BCUT2D eigenvalue weighted by Crippen LogP contribution is 2.42. The summed E-state index contributed by atoms with van der Waals surface area (Å²) in [5.74, 6) is 0. The lowest BCUT2D eigenvalue weighted by Gasteiger charge is -2.47. The van der Waals surface area contributed by atoms with Crippen molar-refractivity contribution < 1.29 is 17.7 Å². The fraction of sp³-hybridized carbons (Fsp3) is 1.00. The van der Waals surface area contributed by atoms with Crippen molar-refractivity contribution in [3.05, 3.63) is 0 Å². The highest BCUT2D eigenvalue weighted by Gasteiger charge is 2.53. The van der Waals surface area contributed by atoms with Crippen LogP contribution >= 0.6 is 0 Å². The summed E-state index contributed by atoms with van der Waals surface area (Å²) in [5, 5.41) is 0. The molecule has 0 saturated heterocycles. The summed E-state index contributed by atoms with van der Waals surface area (Å²) in [5.41, 5.74) is -0.420. The topological polar surface area (TPSA) is 36.9 Å². The standard InChI is InChI=1S/C24H54O4Si2/c1-19(2)29(25-21(5,6)7,26-22(8,9)10)17-18-30(20(3)4,27-23(11,12)13)28-24(14,15)16/h19-20H,17-18H2,1-16H3. The van der Waals surface area contributed by atoms with E-state index in [1.165, 1.54) is 0 Å². The Morgan fingerprint density at radius 1 is 0.433 bits per heavy atom. The minimum Gasteiger partial charge on any atom is -0.389 e. The van der Waals surface area contributed by atoms with Crippen LogP contribution in [0.15, 0.2) is 0 Å². The van der Waals surface area contributed by atoms with Crippen molar-refractivity contribution in [3.8, 4) is 0 Å². The van der Waals surface area contributed by atoms with Crippen LogP contribution in [0.1, 0.15) is 111 Å². The van der Waals surface area contributed by atoms with E-state index in [1.807, 2.05) is 0 Å². The number of rotatable bonds is 9. The summed E-state index contributed by atoms with van der Waals surface area (Å²) >= 11 is 0. The molecule has 0 aromatic rings. The lowest BCUT2D eigenvalue weighted by Crippen LogP contribution is -2.58. The van der Waals surface area contributed by atoms with E-state index in [4.69, 9.17) is 17.7 Å². The molecule has 4 nitrogen and oxygen atoms in total. The molecule has 0 atom stereocenters. The molecule has 0 radical (unpaired) electrons. The molecule has 0 aliphatic rings. The van der Waals surface area contributed by atoms with Gasteiger partial charge >= 0.3 is 17.1 Å². The van der Waals surface area contributed by atoms with Crippen LogP contribution in [-0.4, -0.2) is 39.5 Å². The molecule has 0 aromatic heterocycles. The molecule has 0 aliphatic carbocycles. The van der Waals surface area contributed by atoms with Gasteiger partial charge in [-0.3, -0.25) is 0 Å². The molecule has 0 N–H and O–H groups in total. The van der Waals surface area contributed by atoms with Crippen LogP contribution in [0.2, 0.25) is 23.2 Å². The Bertz CT molecular complexity index is 437. The van der Waals surface area contributed by atoms with Crippen LogP contribution in [0, 0.1) is 0 Å². The lowest BCUT2D eigenvalue weighted by atomic mass is 10.2. The normalized spacial score (nSPS) is 15.4. The molecule has 182 valence electrons. The maximum atomic E-state index is 6.83. The molecule has 0 bridgehead atoms. The van der Waals surface area contributed by atoms with Crippen LogP contribution < -0.4 is 0 Å². The molecule has 0 amide bonds. The van der Waals surface area contributed by atoms with Crippen LogP contribution in [0.3, 0.4) is 0 Å². The summed E-state index contributed by atoms with van der Waals surface area (Å²) in [6, 6.07) is 1.74. The SMILES string of the molecule is CC(C)[Si](CC[Si](OC(C)(C)C)(OC(C)(C)C)C(C)C)(OC(C)(C)C)OC(C)(C)C. The molecule has 0 aliphatic heterocycles. The maximum absolute atomic E-state index is 6.83. The maximum Gasteiger partial charge on any atom is 0.341 e. The zero-order chi connectivity index (χ0) is 24.4. The Kier molecular flexibility index (Phi) is 10.1. The van der Waals surface area contributed by atoms with E-state index in [-0.39, 0.29) is 22.4 Å². The van der Waals surface area contributed by atoms with Crippen molar-refractivity contribution >= 4 is 17.1 Å². The van der Waals surface area contributed by atoms with E-state index in [0.717, 1.165) is 12.1 Å². The average molecular weight is 463 g/mol. The van der Waals surface area contributed by atoms with Crippen molar-refractivity contribution in [2.45, 2.75) is 156 Å². The van der Waals surface area contributed by atoms with Gasteiger partial charge in [-0.25, -0.2) is 0 Å². The van der Waals surface area contributed by atoms with Gasteiger partial charge in [0.2, 0.25) is 0 Å². The lowest BCUT2D eigenvalue weighted by molar-refractivity contribution is 0.00149. The highest BCUT2D eigenvalue weighted by atomic mass is 28.4. The van der Waals surface area contributed by atoms with Gasteiger partial charge in [0.05, 0.1) is 22.4 Å². The Labute approximate surface area is 191 Å². The third kappa shape index (κ3) is 11.2. The van der Waals surface area contributed by atoms with Crippen molar-refractivity contribution in [1.82, 2.24) is 0 Å². The van der Waals surface area contributed by atoms with E-state index < -0.39 is 17.1 Å². The molecule has 30 heavy (non-hydrogen) atoms. The minimum atomic E-state index is -2.58. The third-order valence-corrected chi connectivity index (χ3v) is 14.2. The van der Waals surface area contributed by atoms with Gasteiger partial charge in [0.1, 0.15) is 0 Å². The minimum absolute atomic E-state index is 0.264. The molecule has 0 saturated carbocycles. The summed E-state index contributed by atoms with van der Waals surface area (Å²) in [4.78, 5) is 0. The summed E-state index contributed by atoms with van der Waals surface area (Å²) in [6.07, 6.45) is 0. The third-order valence-electron chi connectivity index (χ3n) is 4.50. The molecule has 0 aromatic carbocycles. The first-order valence-electron chi connectivity index (χ1n) is 11.7. The molecule has 0 fully saturated rings. The fourth-order valence-electron chi connectivity index (χ4n) is 3.72. The molecule has 0 unspecified atom stereocenters. The zero-order valence-electron chi connectivity index (χ0n) is 23.2. The Morgan fingerprint density at radius 3 is 0.700 bits per heavy atom. The Balaban J connectivity index is 6.29. The zero-order valence-corrected chi connectivity index (χ0v) is 25.2. The van der Waals surface area contributed by atoms with Crippen LogP contribution in [0.4, 0.5) is 0 Å².